The van der Waals surface area contributed by atoms with Gasteiger partial charge in [-0.2, -0.15) is 0 Å². The molecule has 0 fully saturated rings. The van der Waals surface area contributed by atoms with Gasteiger partial charge in [0.05, 0.1) is 10.2 Å². The quantitative estimate of drug-likeness (QED) is 0.464. The Morgan fingerprint density at radius 2 is 2.25 bits per heavy atom. The van der Waals surface area contributed by atoms with E-state index in [0.717, 1.165) is 12.0 Å². The summed E-state index contributed by atoms with van der Waals surface area (Å²) in [5.41, 5.74) is 6.96. The highest BCUT2D eigenvalue weighted by Crippen LogP contribution is 2.31. The number of allylic oxidation sites excluding steroid dienone is 1. The second-order valence-electron chi connectivity index (χ2n) is 2.51. The molecule has 0 unspecified atom stereocenters. The van der Waals surface area contributed by atoms with Gasteiger partial charge < -0.3 is 10.8 Å². The Labute approximate surface area is 79.8 Å². The first-order valence-electron chi connectivity index (χ1n) is 3.53. The molecule has 3 N–H and O–H groups in total. The molecule has 0 amide bonds. The first-order valence-corrected chi connectivity index (χ1v) is 4.32. The molecule has 0 atom stereocenters. The largest absolute Gasteiger partial charge is 0.505 e. The zero-order valence-electron chi connectivity index (χ0n) is 6.55. The summed E-state index contributed by atoms with van der Waals surface area (Å²) >= 11 is 3.20. The van der Waals surface area contributed by atoms with Crippen LogP contribution in [0.15, 0.2) is 29.3 Å². The Morgan fingerprint density at radius 1 is 1.58 bits per heavy atom. The number of hydrogen-bond acceptors (Lipinski definition) is 2. The molecule has 3 heteroatoms. The van der Waals surface area contributed by atoms with Crippen LogP contribution in [0.4, 0.5) is 5.69 Å². The summed E-state index contributed by atoms with van der Waals surface area (Å²) in [5.74, 6) is 0.0998. The van der Waals surface area contributed by atoms with Crippen molar-refractivity contribution in [3.05, 3.63) is 34.8 Å². The number of phenols is 1. The lowest BCUT2D eigenvalue weighted by molar-refractivity contribution is 0.474. The molecule has 0 saturated heterocycles. The molecular formula is C9H10BrNO. The number of halogens is 1. The van der Waals surface area contributed by atoms with Gasteiger partial charge in [-0.1, -0.05) is 6.08 Å². The third-order valence-corrected chi connectivity index (χ3v) is 2.14. The van der Waals surface area contributed by atoms with Gasteiger partial charge in [-0.25, -0.2) is 0 Å². The Morgan fingerprint density at radius 3 is 2.75 bits per heavy atom. The number of anilines is 1. The van der Waals surface area contributed by atoms with Crippen LogP contribution in [0.3, 0.4) is 0 Å². The van der Waals surface area contributed by atoms with Gasteiger partial charge >= 0.3 is 0 Å². The third-order valence-electron chi connectivity index (χ3n) is 1.53. The molecule has 0 aromatic heterocycles. The van der Waals surface area contributed by atoms with Crippen LogP contribution >= 0.6 is 15.9 Å². The molecule has 0 radical (unpaired) electrons. The maximum Gasteiger partial charge on any atom is 0.152 e. The van der Waals surface area contributed by atoms with Crippen LogP contribution in [0, 0.1) is 0 Å². The molecule has 1 aromatic rings. The predicted octanol–water partition coefficient (Wildman–Crippen LogP) is 2.47. The van der Waals surface area contributed by atoms with Gasteiger partial charge in [0.1, 0.15) is 0 Å². The highest BCUT2D eigenvalue weighted by molar-refractivity contribution is 9.10. The molecule has 0 aliphatic rings. The van der Waals surface area contributed by atoms with Crippen LogP contribution in [0.1, 0.15) is 5.56 Å². The van der Waals surface area contributed by atoms with Crippen molar-refractivity contribution in [3.8, 4) is 5.75 Å². The van der Waals surface area contributed by atoms with E-state index in [9.17, 15) is 5.11 Å². The second-order valence-corrected chi connectivity index (χ2v) is 3.36. The van der Waals surface area contributed by atoms with Gasteiger partial charge in [-0.05, 0) is 40.0 Å². The molecule has 0 saturated carbocycles. The minimum atomic E-state index is 0.0998. The minimum absolute atomic E-state index is 0.0998. The first kappa shape index (κ1) is 9.13. The van der Waals surface area contributed by atoms with Crippen LogP contribution in [-0.2, 0) is 6.42 Å². The van der Waals surface area contributed by atoms with E-state index in [4.69, 9.17) is 5.73 Å². The summed E-state index contributed by atoms with van der Waals surface area (Å²) in [6.07, 6.45) is 2.54. The average Bonchev–Trinajstić information content (AvgIpc) is 2.01. The van der Waals surface area contributed by atoms with Gasteiger partial charge in [0.2, 0.25) is 0 Å². The number of rotatable bonds is 2. The highest BCUT2D eigenvalue weighted by Gasteiger charge is 2.03. The molecule has 0 aliphatic heterocycles. The van der Waals surface area contributed by atoms with E-state index >= 15 is 0 Å². The van der Waals surface area contributed by atoms with Crippen molar-refractivity contribution in [2.75, 3.05) is 5.73 Å². The van der Waals surface area contributed by atoms with E-state index in [2.05, 4.69) is 22.5 Å². The molecule has 0 aliphatic carbocycles. The lowest BCUT2D eigenvalue weighted by Crippen LogP contribution is -1.89. The van der Waals surface area contributed by atoms with Gasteiger partial charge in [0.15, 0.2) is 5.75 Å². The Balaban J connectivity index is 3.11. The Hall–Kier alpha value is -0.960. The van der Waals surface area contributed by atoms with Crippen LogP contribution in [0.2, 0.25) is 0 Å². The lowest BCUT2D eigenvalue weighted by Gasteiger charge is -2.04. The number of nitrogens with two attached hydrogens (primary N) is 1. The Bertz CT molecular complexity index is 286. The van der Waals surface area contributed by atoms with Crippen molar-refractivity contribution in [2.45, 2.75) is 6.42 Å². The molecule has 0 spiro atoms. The Kier molecular flexibility index (Phi) is 2.76. The zero-order chi connectivity index (χ0) is 9.14. The summed E-state index contributed by atoms with van der Waals surface area (Å²) < 4.78 is 0.624. The van der Waals surface area contributed by atoms with E-state index in [-0.39, 0.29) is 5.75 Å². The number of benzene rings is 1. The summed E-state index contributed by atoms with van der Waals surface area (Å²) in [4.78, 5) is 0. The van der Waals surface area contributed by atoms with E-state index in [1.807, 2.05) is 6.07 Å². The fraction of sp³-hybridized carbons (Fsp3) is 0.111. The number of phenolic OH excluding ortho intramolecular Hbond substituents is 1. The van der Waals surface area contributed by atoms with Gasteiger partial charge in [-0.3, -0.25) is 0 Å². The van der Waals surface area contributed by atoms with E-state index in [1.165, 1.54) is 0 Å². The average molecular weight is 228 g/mol. The lowest BCUT2D eigenvalue weighted by atomic mass is 10.1. The molecule has 64 valence electrons. The van der Waals surface area contributed by atoms with Gasteiger partial charge in [-0.15, -0.1) is 6.58 Å². The topological polar surface area (TPSA) is 46.2 Å². The van der Waals surface area contributed by atoms with Crippen molar-refractivity contribution in [3.63, 3.8) is 0 Å². The molecule has 0 bridgehead atoms. The number of hydrogen-bond donors (Lipinski definition) is 2. The van der Waals surface area contributed by atoms with Gasteiger partial charge in [0.25, 0.3) is 0 Å². The maximum atomic E-state index is 9.30. The molecule has 0 heterocycles. The smallest absolute Gasteiger partial charge is 0.152 e. The summed E-state index contributed by atoms with van der Waals surface area (Å²) in [6, 6.07) is 3.56. The second kappa shape index (κ2) is 3.63. The number of nitrogen functional groups attached to an aromatic ring is 1. The summed E-state index contributed by atoms with van der Waals surface area (Å²) in [7, 11) is 0. The van der Waals surface area contributed by atoms with E-state index < -0.39 is 0 Å². The van der Waals surface area contributed by atoms with Crippen molar-refractivity contribution < 1.29 is 5.11 Å². The molecule has 12 heavy (non-hydrogen) atoms. The van der Waals surface area contributed by atoms with Crippen LogP contribution in [0.25, 0.3) is 0 Å². The van der Waals surface area contributed by atoms with Crippen molar-refractivity contribution in [1.82, 2.24) is 0 Å². The monoisotopic (exact) mass is 227 g/mol. The predicted molar refractivity (Wildman–Crippen MR) is 54.1 cm³/mol. The van der Waals surface area contributed by atoms with Crippen molar-refractivity contribution in [1.29, 1.82) is 0 Å². The molecule has 2 nitrogen and oxygen atoms in total. The number of aromatic hydroxyl groups is 1. The maximum absolute atomic E-state index is 9.30. The molecule has 1 aromatic carbocycles. The fourth-order valence-corrected chi connectivity index (χ4v) is 1.49. The van der Waals surface area contributed by atoms with Gasteiger partial charge in [0, 0.05) is 0 Å². The van der Waals surface area contributed by atoms with Crippen molar-refractivity contribution in [2.24, 2.45) is 0 Å². The first-order chi connectivity index (χ1) is 5.65. The van der Waals surface area contributed by atoms with E-state index in [0.29, 0.717) is 10.2 Å². The van der Waals surface area contributed by atoms with Crippen LogP contribution < -0.4 is 5.73 Å². The van der Waals surface area contributed by atoms with E-state index in [1.54, 1.807) is 12.1 Å². The highest BCUT2D eigenvalue weighted by atomic mass is 79.9. The molecular weight excluding hydrogens is 218 g/mol. The van der Waals surface area contributed by atoms with Crippen molar-refractivity contribution >= 4 is 21.6 Å². The standard InChI is InChI=1S/C9H10BrNO/c1-2-3-6-4-7(10)9(12)8(11)5-6/h2,4-5,12H,1,3,11H2. The summed E-state index contributed by atoms with van der Waals surface area (Å²) in [5, 5.41) is 9.30. The zero-order valence-corrected chi connectivity index (χ0v) is 8.13. The normalized spacial score (nSPS) is 9.75. The molecule has 1 rings (SSSR count). The van der Waals surface area contributed by atoms with Crippen LogP contribution in [0.5, 0.6) is 5.75 Å². The fourth-order valence-electron chi connectivity index (χ4n) is 0.963. The third kappa shape index (κ3) is 1.80. The SMILES string of the molecule is C=CCc1cc(N)c(O)c(Br)c1. The summed E-state index contributed by atoms with van der Waals surface area (Å²) in [6.45, 7) is 3.62. The minimum Gasteiger partial charge on any atom is -0.505 e. The van der Waals surface area contributed by atoms with Crippen LogP contribution in [-0.4, -0.2) is 5.11 Å².